The Labute approximate surface area is 168 Å². The monoisotopic (exact) mass is 415 g/mol. The second-order valence-corrected chi connectivity index (χ2v) is 9.54. The normalized spacial score (nSPS) is 11.2. The molecule has 0 radical (unpaired) electrons. The Morgan fingerprint density at radius 2 is 1.68 bits per heavy atom. The highest BCUT2D eigenvalue weighted by atomic mass is 32.2. The van der Waals surface area contributed by atoms with Gasteiger partial charge in [-0.25, -0.2) is 13.4 Å². The molecule has 0 bridgehead atoms. The van der Waals surface area contributed by atoms with Gasteiger partial charge in [-0.2, -0.15) is 0 Å². The van der Waals surface area contributed by atoms with E-state index < -0.39 is 9.84 Å². The van der Waals surface area contributed by atoms with Crippen LogP contribution in [0.4, 0.5) is 16.5 Å². The summed E-state index contributed by atoms with van der Waals surface area (Å²) in [6.07, 6.45) is 1.35. The lowest BCUT2D eigenvalue weighted by Crippen LogP contribution is -2.14. The summed E-state index contributed by atoms with van der Waals surface area (Å²) in [7, 11) is -3.22. The molecule has 0 atom stereocenters. The number of hydrogen-bond acceptors (Lipinski definition) is 6. The maximum Gasteiger partial charge on any atom is 0.230 e. The minimum atomic E-state index is -3.22. The molecule has 1 aromatic heterocycles. The van der Waals surface area contributed by atoms with E-state index in [-0.39, 0.29) is 17.2 Å². The number of rotatable bonds is 6. The molecule has 2 aromatic carbocycles. The molecule has 0 spiro atoms. The molecule has 3 aromatic rings. The van der Waals surface area contributed by atoms with Gasteiger partial charge >= 0.3 is 0 Å². The van der Waals surface area contributed by atoms with Crippen LogP contribution in [-0.2, 0) is 21.1 Å². The molecule has 1 amide bonds. The summed E-state index contributed by atoms with van der Waals surface area (Å²) in [5, 5.41) is 8.49. The Kier molecular flexibility index (Phi) is 5.81. The highest BCUT2D eigenvalue weighted by molar-refractivity contribution is 7.90. The van der Waals surface area contributed by atoms with Crippen molar-refractivity contribution >= 4 is 43.6 Å². The van der Waals surface area contributed by atoms with Crippen LogP contribution in [0.1, 0.15) is 16.8 Å². The number of aromatic nitrogens is 1. The summed E-state index contributed by atoms with van der Waals surface area (Å²) in [6.45, 7) is 3.98. The second-order valence-electron chi connectivity index (χ2n) is 6.67. The van der Waals surface area contributed by atoms with Crippen molar-refractivity contribution in [1.29, 1.82) is 0 Å². The van der Waals surface area contributed by atoms with Crippen LogP contribution < -0.4 is 10.6 Å². The summed E-state index contributed by atoms with van der Waals surface area (Å²) >= 11 is 1.39. The largest absolute Gasteiger partial charge is 0.332 e. The molecule has 0 saturated heterocycles. The zero-order chi connectivity index (χ0) is 20.3. The smallest absolute Gasteiger partial charge is 0.230 e. The van der Waals surface area contributed by atoms with E-state index in [1.807, 2.05) is 31.4 Å². The van der Waals surface area contributed by atoms with E-state index in [0.29, 0.717) is 10.8 Å². The molecule has 0 aliphatic rings. The molecule has 2 N–H and O–H groups in total. The van der Waals surface area contributed by atoms with Crippen molar-refractivity contribution in [2.75, 3.05) is 16.9 Å². The number of hydrogen-bond donors (Lipinski definition) is 2. The van der Waals surface area contributed by atoms with Gasteiger partial charge in [-0.15, -0.1) is 11.3 Å². The number of carbonyl (C=O) groups is 1. The first-order valence-electron chi connectivity index (χ1n) is 8.59. The van der Waals surface area contributed by atoms with Crippen LogP contribution in [0.15, 0.2) is 52.7 Å². The Hall–Kier alpha value is -2.71. The van der Waals surface area contributed by atoms with Crippen molar-refractivity contribution in [1.82, 2.24) is 4.98 Å². The zero-order valence-corrected chi connectivity index (χ0v) is 17.4. The van der Waals surface area contributed by atoms with E-state index in [1.54, 1.807) is 24.3 Å². The Morgan fingerprint density at radius 3 is 2.29 bits per heavy atom. The van der Waals surface area contributed by atoms with Crippen molar-refractivity contribution in [2.45, 2.75) is 25.2 Å². The predicted octanol–water partition coefficient (Wildman–Crippen LogP) is 4.09. The van der Waals surface area contributed by atoms with Crippen LogP contribution in [0.2, 0.25) is 0 Å². The average molecular weight is 416 g/mol. The second kappa shape index (κ2) is 8.12. The third-order valence-electron chi connectivity index (χ3n) is 3.93. The molecule has 0 aliphatic heterocycles. The number of nitrogens with one attached hydrogen (secondary N) is 2. The van der Waals surface area contributed by atoms with Gasteiger partial charge in [0.05, 0.1) is 17.0 Å². The number of nitrogens with zero attached hydrogens (tertiary/aromatic N) is 1. The fourth-order valence-electron chi connectivity index (χ4n) is 2.77. The van der Waals surface area contributed by atoms with Crippen LogP contribution in [0, 0.1) is 13.8 Å². The molecule has 8 heteroatoms. The third kappa shape index (κ3) is 5.40. The number of sulfone groups is 1. The molecule has 28 heavy (non-hydrogen) atoms. The van der Waals surface area contributed by atoms with E-state index in [4.69, 9.17) is 0 Å². The topological polar surface area (TPSA) is 88.2 Å². The van der Waals surface area contributed by atoms with E-state index in [9.17, 15) is 13.2 Å². The fraction of sp³-hybridized carbons (Fsp3) is 0.200. The van der Waals surface area contributed by atoms with Crippen molar-refractivity contribution in [2.24, 2.45) is 0 Å². The molecule has 1 heterocycles. The Balaban J connectivity index is 1.61. The molecular weight excluding hydrogens is 394 g/mol. The first-order chi connectivity index (χ1) is 13.2. The summed E-state index contributed by atoms with van der Waals surface area (Å²) in [4.78, 5) is 17.0. The van der Waals surface area contributed by atoms with Crippen molar-refractivity contribution < 1.29 is 13.2 Å². The quantitative estimate of drug-likeness (QED) is 0.633. The third-order valence-corrected chi connectivity index (χ3v) is 5.87. The molecule has 6 nitrogen and oxygen atoms in total. The van der Waals surface area contributed by atoms with Gasteiger partial charge in [0, 0.05) is 23.0 Å². The Morgan fingerprint density at radius 1 is 1.04 bits per heavy atom. The minimum Gasteiger partial charge on any atom is -0.332 e. The number of carbonyl (C=O) groups excluding carboxylic acids is 1. The molecule has 146 valence electrons. The average Bonchev–Trinajstić information content (AvgIpc) is 3.00. The number of anilines is 3. The van der Waals surface area contributed by atoms with Gasteiger partial charge in [0.2, 0.25) is 5.91 Å². The van der Waals surface area contributed by atoms with Gasteiger partial charge in [0.1, 0.15) is 0 Å². The standard InChI is InChI=1S/C20H21N3O3S2/c1-13-8-14(2)10-16(9-13)21-19(24)11-17-12-27-20(23-17)22-15-4-6-18(7-5-15)28(3,25)26/h4-10,12H,11H2,1-3H3,(H,21,24)(H,22,23). The van der Waals surface area contributed by atoms with E-state index in [0.717, 1.165) is 22.5 Å². The molecule has 0 unspecified atom stereocenters. The van der Waals surface area contributed by atoms with E-state index in [2.05, 4.69) is 21.7 Å². The molecule has 0 aliphatic carbocycles. The fourth-order valence-corrected chi connectivity index (χ4v) is 4.13. The van der Waals surface area contributed by atoms with Gasteiger partial charge in [-0.05, 0) is 61.4 Å². The lowest BCUT2D eigenvalue weighted by molar-refractivity contribution is -0.115. The van der Waals surface area contributed by atoms with Crippen LogP contribution in [-0.4, -0.2) is 25.6 Å². The van der Waals surface area contributed by atoms with Crippen molar-refractivity contribution in [3.05, 3.63) is 64.7 Å². The maximum absolute atomic E-state index is 12.3. The van der Waals surface area contributed by atoms with Gasteiger partial charge in [-0.3, -0.25) is 4.79 Å². The van der Waals surface area contributed by atoms with Gasteiger partial charge in [-0.1, -0.05) is 6.07 Å². The summed E-state index contributed by atoms with van der Waals surface area (Å²) < 4.78 is 23.0. The maximum atomic E-state index is 12.3. The predicted molar refractivity (Wildman–Crippen MR) is 113 cm³/mol. The van der Waals surface area contributed by atoms with Crippen LogP contribution in [0.25, 0.3) is 0 Å². The number of amides is 1. The summed E-state index contributed by atoms with van der Waals surface area (Å²) in [5.41, 5.74) is 4.37. The van der Waals surface area contributed by atoms with Gasteiger partial charge in [0.15, 0.2) is 15.0 Å². The van der Waals surface area contributed by atoms with E-state index in [1.165, 1.54) is 17.6 Å². The first kappa shape index (κ1) is 20.0. The lowest BCUT2D eigenvalue weighted by Gasteiger charge is -2.07. The molecular formula is C20H21N3O3S2. The van der Waals surface area contributed by atoms with Crippen LogP contribution in [0.5, 0.6) is 0 Å². The molecule has 3 rings (SSSR count). The number of thiazole rings is 1. The van der Waals surface area contributed by atoms with Gasteiger partial charge < -0.3 is 10.6 Å². The highest BCUT2D eigenvalue weighted by Gasteiger charge is 2.10. The minimum absolute atomic E-state index is 0.126. The zero-order valence-electron chi connectivity index (χ0n) is 15.8. The highest BCUT2D eigenvalue weighted by Crippen LogP contribution is 2.23. The summed E-state index contributed by atoms with van der Waals surface area (Å²) in [5.74, 6) is -0.126. The lowest BCUT2D eigenvalue weighted by atomic mass is 10.1. The summed E-state index contributed by atoms with van der Waals surface area (Å²) in [6, 6.07) is 12.4. The van der Waals surface area contributed by atoms with Crippen molar-refractivity contribution in [3.63, 3.8) is 0 Å². The number of aryl methyl sites for hydroxylation is 2. The van der Waals surface area contributed by atoms with Crippen LogP contribution >= 0.6 is 11.3 Å². The molecule has 0 saturated carbocycles. The first-order valence-corrected chi connectivity index (χ1v) is 11.4. The van der Waals surface area contributed by atoms with Crippen molar-refractivity contribution in [3.8, 4) is 0 Å². The molecule has 0 fully saturated rings. The van der Waals surface area contributed by atoms with Crippen LogP contribution in [0.3, 0.4) is 0 Å². The SMILES string of the molecule is Cc1cc(C)cc(NC(=O)Cc2csc(Nc3ccc(S(C)(=O)=O)cc3)n2)c1. The van der Waals surface area contributed by atoms with E-state index >= 15 is 0 Å². The Bertz CT molecular complexity index is 1080. The number of benzene rings is 2. The van der Waals surface area contributed by atoms with Gasteiger partial charge in [0.25, 0.3) is 0 Å².